The van der Waals surface area contributed by atoms with Crippen molar-refractivity contribution in [2.45, 2.75) is 25.3 Å². The van der Waals surface area contributed by atoms with Gasteiger partial charge in [0, 0.05) is 45.2 Å². The fourth-order valence-corrected chi connectivity index (χ4v) is 2.15. The third-order valence-corrected chi connectivity index (χ3v) is 3.42. The Bertz CT molecular complexity index is 310. The second-order valence-corrected chi connectivity index (χ2v) is 5.10. The standard InChI is InChI=1S/C12H21N3O3/c16-11(13-10-1-2-10)3-4-14-5-7-15(8-6-14)9-12(17)18/h10H,1-9H2,(H,13,16)(H,17,18). The van der Waals surface area contributed by atoms with Crippen LogP contribution < -0.4 is 5.32 Å². The quantitative estimate of drug-likeness (QED) is 0.660. The van der Waals surface area contributed by atoms with Gasteiger partial charge in [-0.2, -0.15) is 0 Å². The van der Waals surface area contributed by atoms with Crippen LogP contribution in [0.25, 0.3) is 0 Å². The maximum atomic E-state index is 11.5. The molecule has 2 rings (SSSR count). The number of hydrogen-bond acceptors (Lipinski definition) is 4. The van der Waals surface area contributed by atoms with Crippen molar-refractivity contribution in [1.29, 1.82) is 0 Å². The predicted octanol–water partition coefficient (Wildman–Crippen LogP) is -0.643. The smallest absolute Gasteiger partial charge is 0.317 e. The molecule has 0 spiro atoms. The predicted molar refractivity (Wildman–Crippen MR) is 66.3 cm³/mol. The van der Waals surface area contributed by atoms with E-state index in [1.807, 2.05) is 4.90 Å². The van der Waals surface area contributed by atoms with E-state index in [9.17, 15) is 9.59 Å². The Labute approximate surface area is 107 Å². The molecular weight excluding hydrogens is 234 g/mol. The lowest BCUT2D eigenvalue weighted by atomic mass is 10.3. The van der Waals surface area contributed by atoms with Gasteiger partial charge in [-0.15, -0.1) is 0 Å². The Balaban J connectivity index is 1.57. The number of carboxylic acid groups (broad SMARTS) is 1. The Morgan fingerprint density at radius 3 is 2.28 bits per heavy atom. The Hall–Kier alpha value is -1.14. The first kappa shape index (κ1) is 13.3. The summed E-state index contributed by atoms with van der Waals surface area (Å²) in [6, 6.07) is 0.435. The van der Waals surface area contributed by atoms with E-state index in [4.69, 9.17) is 5.11 Å². The zero-order valence-corrected chi connectivity index (χ0v) is 10.6. The first-order valence-electron chi connectivity index (χ1n) is 6.59. The van der Waals surface area contributed by atoms with Gasteiger partial charge in [0.05, 0.1) is 6.54 Å². The minimum atomic E-state index is -0.771. The highest BCUT2D eigenvalue weighted by atomic mass is 16.4. The molecule has 102 valence electrons. The summed E-state index contributed by atoms with van der Waals surface area (Å²) < 4.78 is 0. The van der Waals surface area contributed by atoms with Gasteiger partial charge in [-0.25, -0.2) is 0 Å². The van der Waals surface area contributed by atoms with Crippen LogP contribution >= 0.6 is 0 Å². The van der Waals surface area contributed by atoms with Gasteiger partial charge in [0.1, 0.15) is 0 Å². The number of carbonyl (C=O) groups is 2. The summed E-state index contributed by atoms with van der Waals surface area (Å²) in [5.41, 5.74) is 0. The van der Waals surface area contributed by atoms with Crippen LogP contribution in [0.1, 0.15) is 19.3 Å². The van der Waals surface area contributed by atoms with Gasteiger partial charge in [0.25, 0.3) is 0 Å². The van der Waals surface area contributed by atoms with E-state index in [1.54, 1.807) is 0 Å². The van der Waals surface area contributed by atoms with Crippen LogP contribution in [0.2, 0.25) is 0 Å². The fourth-order valence-electron chi connectivity index (χ4n) is 2.15. The van der Waals surface area contributed by atoms with Crippen molar-refractivity contribution in [2.24, 2.45) is 0 Å². The summed E-state index contributed by atoms with van der Waals surface area (Å²) in [7, 11) is 0. The molecule has 1 aliphatic carbocycles. The number of carboxylic acids is 1. The van der Waals surface area contributed by atoms with Crippen LogP contribution in [0.15, 0.2) is 0 Å². The molecule has 2 fully saturated rings. The van der Waals surface area contributed by atoms with Crippen molar-refractivity contribution in [1.82, 2.24) is 15.1 Å². The molecule has 0 aromatic rings. The lowest BCUT2D eigenvalue weighted by Crippen LogP contribution is -2.48. The van der Waals surface area contributed by atoms with Gasteiger partial charge in [0.2, 0.25) is 5.91 Å². The van der Waals surface area contributed by atoms with E-state index in [0.717, 1.165) is 45.6 Å². The zero-order valence-electron chi connectivity index (χ0n) is 10.6. The molecule has 6 heteroatoms. The lowest BCUT2D eigenvalue weighted by Gasteiger charge is -2.33. The van der Waals surface area contributed by atoms with E-state index in [0.29, 0.717) is 12.5 Å². The highest BCUT2D eigenvalue weighted by molar-refractivity contribution is 5.76. The summed E-state index contributed by atoms with van der Waals surface area (Å²) in [6.07, 6.45) is 2.80. The average molecular weight is 255 g/mol. The molecule has 0 bridgehead atoms. The summed E-state index contributed by atoms with van der Waals surface area (Å²) >= 11 is 0. The maximum absolute atomic E-state index is 11.5. The molecular formula is C12H21N3O3. The summed E-state index contributed by atoms with van der Waals surface area (Å²) in [6.45, 7) is 4.15. The van der Waals surface area contributed by atoms with E-state index < -0.39 is 5.97 Å². The molecule has 2 N–H and O–H groups in total. The number of nitrogens with zero attached hydrogens (tertiary/aromatic N) is 2. The Kier molecular flexibility index (Phi) is 4.54. The first-order chi connectivity index (χ1) is 8.63. The van der Waals surface area contributed by atoms with Crippen LogP contribution in [-0.4, -0.2) is 72.1 Å². The monoisotopic (exact) mass is 255 g/mol. The second kappa shape index (κ2) is 6.15. The molecule has 1 aliphatic heterocycles. The van der Waals surface area contributed by atoms with Crippen LogP contribution in [0.5, 0.6) is 0 Å². The van der Waals surface area contributed by atoms with Crippen molar-refractivity contribution in [3.8, 4) is 0 Å². The zero-order chi connectivity index (χ0) is 13.0. The molecule has 18 heavy (non-hydrogen) atoms. The number of amides is 1. The largest absolute Gasteiger partial charge is 0.480 e. The third kappa shape index (κ3) is 4.62. The number of nitrogens with one attached hydrogen (secondary N) is 1. The van der Waals surface area contributed by atoms with Gasteiger partial charge in [0.15, 0.2) is 0 Å². The van der Waals surface area contributed by atoms with Crippen LogP contribution in [0.3, 0.4) is 0 Å². The summed E-state index contributed by atoms with van der Waals surface area (Å²) in [5.74, 6) is -0.627. The van der Waals surface area contributed by atoms with Crippen molar-refractivity contribution in [3.63, 3.8) is 0 Å². The molecule has 0 unspecified atom stereocenters. The average Bonchev–Trinajstić information content (AvgIpc) is 3.11. The molecule has 6 nitrogen and oxygen atoms in total. The van der Waals surface area contributed by atoms with Crippen molar-refractivity contribution < 1.29 is 14.7 Å². The maximum Gasteiger partial charge on any atom is 0.317 e. The highest BCUT2D eigenvalue weighted by Gasteiger charge is 2.24. The van der Waals surface area contributed by atoms with Crippen LogP contribution in [0, 0.1) is 0 Å². The third-order valence-electron chi connectivity index (χ3n) is 3.42. The number of piperazine rings is 1. The van der Waals surface area contributed by atoms with Gasteiger partial charge in [-0.3, -0.25) is 14.5 Å². The topological polar surface area (TPSA) is 72.9 Å². The molecule has 1 heterocycles. The first-order valence-corrected chi connectivity index (χ1v) is 6.59. The SMILES string of the molecule is O=C(O)CN1CCN(CCC(=O)NC2CC2)CC1. The summed E-state index contributed by atoms with van der Waals surface area (Å²) in [5, 5.41) is 11.7. The number of hydrogen-bond donors (Lipinski definition) is 2. The molecule has 0 atom stereocenters. The number of rotatable bonds is 6. The molecule has 1 saturated heterocycles. The minimum Gasteiger partial charge on any atom is -0.480 e. The minimum absolute atomic E-state index is 0.121. The highest BCUT2D eigenvalue weighted by Crippen LogP contribution is 2.18. The van der Waals surface area contributed by atoms with Gasteiger partial charge < -0.3 is 15.3 Å². The molecule has 0 aromatic heterocycles. The van der Waals surface area contributed by atoms with E-state index in [1.165, 1.54) is 0 Å². The summed E-state index contributed by atoms with van der Waals surface area (Å²) in [4.78, 5) is 26.2. The van der Waals surface area contributed by atoms with Crippen molar-refractivity contribution >= 4 is 11.9 Å². The molecule has 2 aliphatic rings. The molecule has 0 aromatic carbocycles. The Morgan fingerprint density at radius 1 is 1.11 bits per heavy atom. The number of carbonyl (C=O) groups excluding carboxylic acids is 1. The normalized spacial score (nSPS) is 21.8. The van der Waals surface area contributed by atoms with E-state index >= 15 is 0 Å². The van der Waals surface area contributed by atoms with E-state index in [-0.39, 0.29) is 12.5 Å². The van der Waals surface area contributed by atoms with Gasteiger partial charge >= 0.3 is 5.97 Å². The van der Waals surface area contributed by atoms with Gasteiger partial charge in [-0.1, -0.05) is 0 Å². The Morgan fingerprint density at radius 2 is 1.72 bits per heavy atom. The molecule has 1 saturated carbocycles. The molecule has 0 radical (unpaired) electrons. The van der Waals surface area contributed by atoms with E-state index in [2.05, 4.69) is 10.2 Å². The number of aliphatic carboxylic acids is 1. The van der Waals surface area contributed by atoms with Crippen LogP contribution in [0.4, 0.5) is 0 Å². The fraction of sp³-hybridized carbons (Fsp3) is 0.833. The second-order valence-electron chi connectivity index (χ2n) is 5.10. The lowest BCUT2D eigenvalue weighted by molar-refractivity contribution is -0.138. The van der Waals surface area contributed by atoms with Crippen molar-refractivity contribution in [3.05, 3.63) is 0 Å². The van der Waals surface area contributed by atoms with Crippen molar-refractivity contribution in [2.75, 3.05) is 39.3 Å². The van der Waals surface area contributed by atoms with Gasteiger partial charge in [-0.05, 0) is 12.8 Å². The molecule has 1 amide bonds. The van der Waals surface area contributed by atoms with Crippen LogP contribution in [-0.2, 0) is 9.59 Å².